The van der Waals surface area contributed by atoms with Crippen LogP contribution in [0.15, 0.2) is 18.2 Å². The topological polar surface area (TPSA) is 18.5 Å². The molecular formula is C25H40O2. The smallest absolute Gasteiger partial charge is 0.123 e. The Morgan fingerprint density at radius 2 is 1.33 bits per heavy atom. The summed E-state index contributed by atoms with van der Waals surface area (Å²) in [5.74, 6) is 6.26. The van der Waals surface area contributed by atoms with E-state index in [1.165, 1.54) is 16.7 Å². The van der Waals surface area contributed by atoms with Crippen LogP contribution >= 0.6 is 0 Å². The Balaban J connectivity index is 3.23. The van der Waals surface area contributed by atoms with Crippen LogP contribution in [0.2, 0.25) is 0 Å². The Labute approximate surface area is 168 Å². The zero-order valence-corrected chi connectivity index (χ0v) is 19.5. The van der Waals surface area contributed by atoms with E-state index in [1.54, 1.807) is 0 Å². The normalized spacial score (nSPS) is 13.3. The van der Waals surface area contributed by atoms with Gasteiger partial charge < -0.3 is 0 Å². The van der Waals surface area contributed by atoms with Crippen molar-refractivity contribution < 1.29 is 9.78 Å². The highest BCUT2D eigenvalue weighted by Gasteiger charge is 2.33. The van der Waals surface area contributed by atoms with Crippen LogP contribution in [0.5, 0.6) is 0 Å². The lowest BCUT2D eigenvalue weighted by Crippen LogP contribution is -2.33. The lowest BCUT2D eigenvalue weighted by atomic mass is 9.76. The van der Waals surface area contributed by atoms with E-state index in [0.717, 1.165) is 6.42 Å². The quantitative estimate of drug-likeness (QED) is 0.313. The molecule has 1 aromatic carbocycles. The molecule has 0 bridgehead atoms. The van der Waals surface area contributed by atoms with Gasteiger partial charge in [0.25, 0.3) is 0 Å². The van der Waals surface area contributed by atoms with Gasteiger partial charge in [0.15, 0.2) is 0 Å². The average molecular weight is 373 g/mol. The summed E-state index contributed by atoms with van der Waals surface area (Å²) in [6.45, 7) is 23.7. The summed E-state index contributed by atoms with van der Waals surface area (Å²) in [4.78, 5) is 11.9. The van der Waals surface area contributed by atoms with Gasteiger partial charge in [0.2, 0.25) is 0 Å². The van der Waals surface area contributed by atoms with E-state index in [2.05, 4.69) is 92.4 Å². The number of hydrogen-bond acceptors (Lipinski definition) is 2. The van der Waals surface area contributed by atoms with Crippen molar-refractivity contribution in [1.29, 1.82) is 0 Å². The SMILES string of the molecule is CCC#CCC(C)(C)OOC(C)(C)c1cc(C(C)(C)C)ccc1C(C)(C)C. The molecule has 0 radical (unpaired) electrons. The first-order chi connectivity index (χ1) is 12.1. The fraction of sp³-hybridized carbons (Fsp3) is 0.680. The third kappa shape index (κ3) is 6.98. The Kier molecular flexibility index (Phi) is 7.36. The van der Waals surface area contributed by atoms with E-state index in [0.29, 0.717) is 6.42 Å². The molecule has 0 saturated carbocycles. The minimum Gasteiger partial charge on any atom is -0.229 e. The van der Waals surface area contributed by atoms with Crippen LogP contribution in [-0.4, -0.2) is 5.60 Å². The second-order valence-corrected chi connectivity index (χ2v) is 10.6. The monoisotopic (exact) mass is 372 g/mol. The van der Waals surface area contributed by atoms with Crippen molar-refractivity contribution in [2.24, 2.45) is 0 Å². The zero-order valence-electron chi connectivity index (χ0n) is 19.5. The summed E-state index contributed by atoms with van der Waals surface area (Å²) >= 11 is 0. The second-order valence-electron chi connectivity index (χ2n) is 10.6. The average Bonchev–Trinajstić information content (AvgIpc) is 2.51. The molecule has 2 heteroatoms. The maximum Gasteiger partial charge on any atom is 0.123 e. The highest BCUT2D eigenvalue weighted by molar-refractivity contribution is 5.41. The molecule has 0 unspecified atom stereocenters. The van der Waals surface area contributed by atoms with Crippen LogP contribution in [0.4, 0.5) is 0 Å². The van der Waals surface area contributed by atoms with Crippen molar-refractivity contribution >= 4 is 0 Å². The van der Waals surface area contributed by atoms with Gasteiger partial charge in [0.1, 0.15) is 11.2 Å². The van der Waals surface area contributed by atoms with Crippen molar-refractivity contribution in [2.45, 2.75) is 111 Å². The first kappa shape index (κ1) is 23.7. The maximum absolute atomic E-state index is 6.05. The minimum atomic E-state index is -0.570. The molecule has 0 aliphatic rings. The molecule has 0 fully saturated rings. The van der Waals surface area contributed by atoms with E-state index in [4.69, 9.17) is 9.78 Å². The van der Waals surface area contributed by atoms with Gasteiger partial charge in [0.05, 0.1) is 0 Å². The Morgan fingerprint density at radius 3 is 1.81 bits per heavy atom. The van der Waals surface area contributed by atoms with Crippen LogP contribution < -0.4 is 0 Å². The predicted molar refractivity (Wildman–Crippen MR) is 116 cm³/mol. The van der Waals surface area contributed by atoms with Gasteiger partial charge in [-0.15, -0.1) is 11.8 Å². The number of benzene rings is 1. The largest absolute Gasteiger partial charge is 0.229 e. The van der Waals surface area contributed by atoms with Gasteiger partial charge in [-0.25, -0.2) is 9.78 Å². The van der Waals surface area contributed by atoms with Crippen molar-refractivity contribution in [2.75, 3.05) is 0 Å². The van der Waals surface area contributed by atoms with Crippen LogP contribution in [0.3, 0.4) is 0 Å². The molecule has 0 aliphatic heterocycles. The van der Waals surface area contributed by atoms with Crippen molar-refractivity contribution in [3.8, 4) is 11.8 Å². The van der Waals surface area contributed by atoms with E-state index >= 15 is 0 Å². The molecule has 152 valence electrons. The summed E-state index contributed by atoms with van der Waals surface area (Å²) in [5, 5.41) is 0. The third-order valence-corrected chi connectivity index (χ3v) is 4.63. The van der Waals surface area contributed by atoms with Gasteiger partial charge in [-0.1, -0.05) is 66.7 Å². The van der Waals surface area contributed by atoms with Crippen LogP contribution in [-0.2, 0) is 26.2 Å². The molecule has 1 rings (SSSR count). The Bertz CT molecular complexity index is 686. The molecule has 0 amide bonds. The van der Waals surface area contributed by atoms with Gasteiger partial charge in [-0.2, -0.15) is 0 Å². The fourth-order valence-corrected chi connectivity index (χ4v) is 2.85. The first-order valence-corrected chi connectivity index (χ1v) is 10.1. The summed E-state index contributed by atoms with van der Waals surface area (Å²) in [5.41, 5.74) is 2.84. The second kappa shape index (κ2) is 8.38. The van der Waals surface area contributed by atoms with Crippen molar-refractivity contribution in [3.05, 3.63) is 34.9 Å². The van der Waals surface area contributed by atoms with E-state index in [-0.39, 0.29) is 10.8 Å². The van der Waals surface area contributed by atoms with Crippen molar-refractivity contribution in [3.63, 3.8) is 0 Å². The fourth-order valence-electron chi connectivity index (χ4n) is 2.85. The highest BCUT2D eigenvalue weighted by Crippen LogP contribution is 2.38. The molecule has 0 aliphatic carbocycles. The molecular weight excluding hydrogens is 332 g/mol. The molecule has 0 heterocycles. The van der Waals surface area contributed by atoms with E-state index < -0.39 is 11.2 Å². The molecule has 27 heavy (non-hydrogen) atoms. The van der Waals surface area contributed by atoms with Crippen LogP contribution in [0, 0.1) is 11.8 Å². The van der Waals surface area contributed by atoms with Gasteiger partial charge >= 0.3 is 0 Å². The molecule has 0 aromatic heterocycles. The van der Waals surface area contributed by atoms with Gasteiger partial charge in [-0.05, 0) is 55.2 Å². The molecule has 0 saturated heterocycles. The molecule has 2 nitrogen and oxygen atoms in total. The number of rotatable bonds is 5. The predicted octanol–water partition coefficient (Wildman–Crippen LogP) is 7.05. The Morgan fingerprint density at radius 1 is 0.741 bits per heavy atom. The van der Waals surface area contributed by atoms with E-state index in [9.17, 15) is 0 Å². The van der Waals surface area contributed by atoms with Gasteiger partial charge in [0, 0.05) is 12.8 Å². The maximum atomic E-state index is 6.05. The van der Waals surface area contributed by atoms with E-state index in [1.807, 2.05) is 13.8 Å². The molecule has 0 N–H and O–H groups in total. The molecule has 0 atom stereocenters. The zero-order chi connectivity index (χ0) is 21.1. The minimum absolute atomic E-state index is 0.0223. The van der Waals surface area contributed by atoms with Crippen LogP contribution in [0.1, 0.15) is 106 Å². The van der Waals surface area contributed by atoms with Crippen molar-refractivity contribution in [1.82, 2.24) is 0 Å². The summed E-state index contributed by atoms with van der Waals surface area (Å²) in [7, 11) is 0. The molecule has 1 aromatic rings. The highest BCUT2D eigenvalue weighted by atomic mass is 17.2. The standard InChI is InChI=1S/C25H40O2/c1-12-13-14-17-24(8,9)26-27-25(10,11)21-18-19(22(2,3)4)15-16-20(21)23(5,6)7/h15-16,18H,12,17H2,1-11H3. The number of hydrogen-bond donors (Lipinski definition) is 0. The first-order valence-electron chi connectivity index (χ1n) is 10.1. The summed E-state index contributed by atoms with van der Waals surface area (Å²) < 4.78 is 0. The Hall–Kier alpha value is -1.30. The molecule has 0 spiro atoms. The summed E-state index contributed by atoms with van der Waals surface area (Å²) in [6.07, 6.45) is 1.50. The van der Waals surface area contributed by atoms with Gasteiger partial charge in [-0.3, -0.25) is 0 Å². The lowest BCUT2D eigenvalue weighted by Gasteiger charge is -2.35. The third-order valence-electron chi connectivity index (χ3n) is 4.63. The van der Waals surface area contributed by atoms with Crippen LogP contribution in [0.25, 0.3) is 0 Å². The lowest BCUT2D eigenvalue weighted by molar-refractivity contribution is -0.404. The summed E-state index contributed by atoms with van der Waals surface area (Å²) in [6, 6.07) is 6.78.